The van der Waals surface area contributed by atoms with Gasteiger partial charge in [-0.3, -0.25) is 0 Å². The zero-order valence-electron chi connectivity index (χ0n) is 2.71. The van der Waals surface area contributed by atoms with E-state index in [1.807, 2.05) is 6.92 Å². The third-order valence-corrected chi connectivity index (χ3v) is 0. The quantitative estimate of drug-likeness (QED) is 0.553. The van der Waals surface area contributed by atoms with E-state index in [1.54, 1.807) is 0 Å². The molecule has 0 fully saturated rings. The average molecular weight is 248 g/mol. The molecule has 0 aliphatic carbocycles. The Bertz CT molecular complexity index is 26.3. The molecule has 0 bridgehead atoms. The van der Waals surface area contributed by atoms with Crippen molar-refractivity contribution in [1.82, 2.24) is 0 Å². The Kier molecular flexibility index (Phi) is 2.26. The van der Waals surface area contributed by atoms with E-state index in [4.69, 9.17) is 0 Å². The summed E-state index contributed by atoms with van der Waals surface area (Å²) in [7, 11) is 0. The van der Waals surface area contributed by atoms with E-state index in [0.29, 0.717) is 0 Å². The van der Waals surface area contributed by atoms with Crippen LogP contribution in [0.5, 0.6) is 0 Å². The van der Waals surface area contributed by atoms with Crippen molar-refractivity contribution in [3.8, 4) is 0 Å². The molecule has 0 amide bonds. The molecule has 0 atom stereocenters. The molecule has 0 saturated carbocycles. The molecule has 0 aromatic rings. The Hall–Kier alpha value is 0.662. The monoisotopic (exact) mass is 249 g/mol. The van der Waals surface area contributed by atoms with Gasteiger partial charge in [-0.2, -0.15) is 0 Å². The van der Waals surface area contributed by atoms with Crippen LogP contribution in [0.15, 0.2) is 9.71 Å². The summed E-state index contributed by atoms with van der Waals surface area (Å²) in [6.07, 6.45) is 0. The van der Waals surface area contributed by atoms with Crippen molar-refractivity contribution in [1.29, 1.82) is 0 Å². The van der Waals surface area contributed by atoms with Crippen LogP contribution in [0, 0.1) is 0 Å². The van der Waals surface area contributed by atoms with Crippen molar-refractivity contribution in [2.45, 2.75) is 6.92 Å². The molecule has 0 nitrogen and oxygen atoms in total. The van der Waals surface area contributed by atoms with Gasteiger partial charge < -0.3 is 0 Å². The number of hydrogen-bond acceptors (Lipinski definition) is 0. The van der Waals surface area contributed by atoms with Gasteiger partial charge in [-0.05, 0) is 0 Å². The van der Waals surface area contributed by atoms with Crippen molar-refractivity contribution in [2.75, 3.05) is 0 Å². The molecule has 3 radical (unpaired) electrons. The Morgan fingerprint density at radius 2 is 2.00 bits per heavy atom. The zero-order chi connectivity index (χ0) is 3.58. The van der Waals surface area contributed by atoms with Crippen molar-refractivity contribution in [3.05, 3.63) is 9.71 Å². The molecule has 0 aliphatic heterocycles. The van der Waals surface area contributed by atoms with Crippen LogP contribution in [0.3, 0.4) is 0 Å². The Morgan fingerprint density at radius 3 is 2.00 bits per heavy atom. The fraction of sp³-hybridized carbons (Fsp3) is 0.333. The van der Waals surface area contributed by atoms with Crippen LogP contribution < -0.4 is 0 Å². The van der Waals surface area contributed by atoms with E-state index in [2.05, 4.69) is 6.58 Å². The second-order valence-electron chi connectivity index (χ2n) is 0.780. The second-order valence-corrected chi connectivity index (χ2v) is 4.10. The summed E-state index contributed by atoms with van der Waals surface area (Å²) in [6, 6.07) is 0. The molecule has 0 aromatic heterocycles. The Morgan fingerprint density at radius 1 is 2.00 bits per heavy atom. The summed E-state index contributed by atoms with van der Waals surface area (Å²) in [6.45, 7) is 5.65. The first-order valence-electron chi connectivity index (χ1n) is 1.10. The fourth-order valence-electron chi connectivity index (χ4n) is 0. The standard InChI is InChI=1S/C3H5.Pb/c1-3-2;/h1H2,2H3;. The number of allylic oxidation sites excluding steroid dienone is 1. The molecule has 4 heavy (non-hydrogen) atoms. The molecule has 0 aromatic carbocycles. The summed E-state index contributed by atoms with van der Waals surface area (Å²) in [5, 5.41) is 0. The molecular weight excluding hydrogens is 243 g/mol. The summed E-state index contributed by atoms with van der Waals surface area (Å²) in [4.78, 5) is 0. The summed E-state index contributed by atoms with van der Waals surface area (Å²) in [5.41, 5.74) is 0. The molecule has 0 unspecified atom stereocenters. The Balaban J connectivity index is 2.80. The van der Waals surface area contributed by atoms with Crippen molar-refractivity contribution in [3.63, 3.8) is 0 Å². The topological polar surface area (TPSA) is 0 Å². The van der Waals surface area contributed by atoms with Gasteiger partial charge in [0.1, 0.15) is 0 Å². The average Bonchev–Trinajstić information content (AvgIpc) is 0.811. The normalized spacial score (nSPS) is 6.50. The molecule has 1 heteroatoms. The summed E-state index contributed by atoms with van der Waals surface area (Å²) < 4.78 is 1.31. The molecule has 0 aliphatic rings. The fourth-order valence-corrected chi connectivity index (χ4v) is 0. The van der Waals surface area contributed by atoms with E-state index < -0.39 is 0 Å². The van der Waals surface area contributed by atoms with Gasteiger partial charge in [0, 0.05) is 0 Å². The molecular formula is C3H5Pb. The van der Waals surface area contributed by atoms with Crippen LogP contribution in [-0.2, 0) is 0 Å². The predicted octanol–water partition coefficient (Wildman–Crippen LogP) is 0.688. The maximum absolute atomic E-state index is 3.62. The minimum absolute atomic E-state index is 1.15. The first kappa shape index (κ1) is 4.66. The van der Waals surface area contributed by atoms with Crippen LogP contribution in [0.25, 0.3) is 0 Å². The van der Waals surface area contributed by atoms with Crippen molar-refractivity contribution >= 4 is 25.8 Å². The first-order valence-corrected chi connectivity index (χ1v) is 3.05. The SMILES string of the molecule is C=[C](C)[Pb]. The molecule has 0 saturated heterocycles. The summed E-state index contributed by atoms with van der Waals surface area (Å²) in [5.74, 6) is 0. The van der Waals surface area contributed by atoms with Gasteiger partial charge in [0.25, 0.3) is 0 Å². The van der Waals surface area contributed by atoms with Gasteiger partial charge in [-0.15, -0.1) is 0 Å². The van der Waals surface area contributed by atoms with Crippen LogP contribution in [0.4, 0.5) is 0 Å². The number of rotatable bonds is 0. The minimum atomic E-state index is 1.15. The molecule has 0 rings (SSSR count). The zero-order valence-corrected chi connectivity index (χ0v) is 6.59. The third kappa shape index (κ3) is 16.8. The van der Waals surface area contributed by atoms with Crippen LogP contribution >= 0.6 is 0 Å². The first-order chi connectivity index (χ1) is 1.73. The van der Waals surface area contributed by atoms with E-state index in [0.717, 1.165) is 25.8 Å². The molecule has 21 valence electrons. The van der Waals surface area contributed by atoms with Gasteiger partial charge in [0.2, 0.25) is 0 Å². The van der Waals surface area contributed by atoms with Gasteiger partial charge in [0.15, 0.2) is 0 Å². The molecule has 0 N–H and O–H groups in total. The van der Waals surface area contributed by atoms with E-state index in [-0.39, 0.29) is 0 Å². The molecule has 0 spiro atoms. The van der Waals surface area contributed by atoms with E-state index in [1.165, 1.54) is 3.13 Å². The van der Waals surface area contributed by atoms with Crippen LogP contribution in [0.2, 0.25) is 0 Å². The summed E-state index contributed by atoms with van der Waals surface area (Å²) >= 11 is 1.15. The number of hydrogen-bond donors (Lipinski definition) is 0. The van der Waals surface area contributed by atoms with Crippen molar-refractivity contribution < 1.29 is 0 Å². The van der Waals surface area contributed by atoms with Crippen LogP contribution in [0.1, 0.15) is 6.92 Å². The predicted molar refractivity (Wildman–Crippen MR) is 20.6 cm³/mol. The van der Waals surface area contributed by atoms with Gasteiger partial charge in [-0.25, -0.2) is 0 Å². The van der Waals surface area contributed by atoms with Crippen molar-refractivity contribution in [2.24, 2.45) is 0 Å². The van der Waals surface area contributed by atoms with Gasteiger partial charge in [0.05, 0.1) is 0 Å². The third-order valence-electron chi connectivity index (χ3n) is 0. The Labute approximate surface area is 42.6 Å². The molecule has 0 heterocycles. The maximum atomic E-state index is 3.62. The second kappa shape index (κ2) is 1.94. The van der Waals surface area contributed by atoms with Crippen LogP contribution in [-0.4, -0.2) is 25.8 Å². The van der Waals surface area contributed by atoms with E-state index >= 15 is 0 Å². The van der Waals surface area contributed by atoms with E-state index in [9.17, 15) is 0 Å². The van der Waals surface area contributed by atoms with Gasteiger partial charge in [-0.1, -0.05) is 0 Å². The van der Waals surface area contributed by atoms with Gasteiger partial charge >= 0.3 is 42.4 Å².